The molecule has 0 amide bonds. The van der Waals surface area contributed by atoms with Crippen LogP contribution >= 0.6 is 0 Å². The molecule has 4 rings (SSSR count). The molecule has 4 aromatic rings. The second-order valence-corrected chi connectivity index (χ2v) is 6.02. The Hall–Kier alpha value is -3.40. The van der Waals surface area contributed by atoms with Crippen LogP contribution in [0.1, 0.15) is 11.3 Å². The monoisotopic (exact) mass is 330 g/mol. The van der Waals surface area contributed by atoms with Crippen molar-refractivity contribution >= 4 is 32.9 Å². The van der Waals surface area contributed by atoms with Gasteiger partial charge in [-0.1, -0.05) is 36.9 Å². The van der Waals surface area contributed by atoms with Crippen LogP contribution in [0, 0.1) is 0 Å². The van der Waals surface area contributed by atoms with Gasteiger partial charge in [0.25, 0.3) is 0 Å². The largest absolute Gasteiger partial charge is 0.507 e. The second kappa shape index (κ2) is 5.60. The highest BCUT2D eigenvalue weighted by Crippen LogP contribution is 2.35. The molecule has 0 saturated heterocycles. The van der Waals surface area contributed by atoms with Gasteiger partial charge in [0.15, 0.2) is 0 Å². The number of phenolic OH excluding ortho intramolecular Hbond substituents is 1. The minimum Gasteiger partial charge on any atom is -0.507 e. The maximum Gasteiger partial charge on any atom is 0.142 e. The van der Waals surface area contributed by atoms with Crippen molar-refractivity contribution in [1.82, 2.24) is 4.98 Å². The Balaban J connectivity index is 1.87. The number of H-pyrrole nitrogens is 1. The van der Waals surface area contributed by atoms with Gasteiger partial charge in [-0.05, 0) is 34.7 Å². The molecule has 0 radical (unpaired) electrons. The summed E-state index contributed by atoms with van der Waals surface area (Å²) in [5.74, 6) is 0.883. The molecule has 0 atom stereocenters. The van der Waals surface area contributed by atoms with Crippen molar-refractivity contribution in [3.8, 4) is 11.5 Å². The molecule has 0 aliphatic heterocycles. The summed E-state index contributed by atoms with van der Waals surface area (Å²) >= 11 is 0. The summed E-state index contributed by atoms with van der Waals surface area (Å²) in [6, 6.07) is 17.2. The van der Waals surface area contributed by atoms with Crippen LogP contribution in [0.15, 0.2) is 61.2 Å². The summed E-state index contributed by atoms with van der Waals surface area (Å²) in [4.78, 5) is 3.35. The number of hydrogen-bond acceptors (Lipinski definition) is 3. The van der Waals surface area contributed by atoms with E-state index in [0.717, 1.165) is 38.5 Å². The first kappa shape index (κ1) is 15.1. The maximum absolute atomic E-state index is 10.3. The topological polar surface area (TPSA) is 71.3 Å². The van der Waals surface area contributed by atoms with Gasteiger partial charge in [-0.15, -0.1) is 0 Å². The molecule has 0 spiro atoms. The first-order valence-corrected chi connectivity index (χ1v) is 7.95. The predicted octanol–water partition coefficient (Wildman–Crippen LogP) is 4.68. The van der Waals surface area contributed by atoms with E-state index in [2.05, 4.69) is 17.6 Å². The minimum atomic E-state index is 0.260. The summed E-state index contributed by atoms with van der Waals surface area (Å²) < 4.78 is 5.29. The highest BCUT2D eigenvalue weighted by molar-refractivity contribution is 6.10. The lowest BCUT2D eigenvalue weighted by atomic mass is 10.0. The van der Waals surface area contributed by atoms with E-state index in [4.69, 9.17) is 10.5 Å². The molecule has 3 aromatic carbocycles. The third-order valence-electron chi connectivity index (χ3n) is 4.53. The Bertz CT molecular complexity index is 1130. The van der Waals surface area contributed by atoms with E-state index >= 15 is 0 Å². The lowest BCUT2D eigenvalue weighted by Crippen LogP contribution is -1.94. The average Bonchev–Trinajstić information content (AvgIpc) is 3.06. The molecule has 4 heteroatoms. The molecule has 25 heavy (non-hydrogen) atoms. The molecule has 0 fully saturated rings. The fraction of sp³-hybridized carbons (Fsp3) is 0.0476. The van der Waals surface area contributed by atoms with Gasteiger partial charge in [-0.3, -0.25) is 0 Å². The number of anilines is 1. The van der Waals surface area contributed by atoms with Crippen molar-refractivity contribution in [2.24, 2.45) is 0 Å². The quantitative estimate of drug-likeness (QED) is 0.478. The average molecular weight is 330 g/mol. The van der Waals surface area contributed by atoms with E-state index in [1.54, 1.807) is 13.2 Å². The molecule has 0 aliphatic rings. The number of benzene rings is 3. The van der Waals surface area contributed by atoms with Crippen LogP contribution in [0.25, 0.3) is 27.2 Å². The highest BCUT2D eigenvalue weighted by Gasteiger charge is 2.12. The van der Waals surface area contributed by atoms with Crippen molar-refractivity contribution < 1.29 is 9.84 Å². The number of hydrogen-bond donors (Lipinski definition) is 3. The number of nitrogens with two attached hydrogens (primary N) is 1. The Morgan fingerprint density at radius 2 is 1.80 bits per heavy atom. The molecule has 4 nitrogen and oxygen atoms in total. The van der Waals surface area contributed by atoms with Crippen LogP contribution in [0.4, 0.5) is 5.69 Å². The number of fused-ring (bicyclic) bond motifs is 3. The summed E-state index contributed by atoms with van der Waals surface area (Å²) in [7, 11) is 1.59. The molecule has 0 unspecified atom stereocenters. The zero-order valence-electron chi connectivity index (χ0n) is 13.8. The van der Waals surface area contributed by atoms with Crippen LogP contribution in [0.2, 0.25) is 0 Å². The van der Waals surface area contributed by atoms with Gasteiger partial charge < -0.3 is 20.6 Å². The number of aromatic hydroxyl groups is 1. The van der Waals surface area contributed by atoms with Gasteiger partial charge in [0.2, 0.25) is 0 Å². The van der Waals surface area contributed by atoms with Gasteiger partial charge in [-0.2, -0.15) is 0 Å². The van der Waals surface area contributed by atoms with Gasteiger partial charge in [-0.25, -0.2) is 0 Å². The zero-order valence-corrected chi connectivity index (χ0v) is 13.8. The van der Waals surface area contributed by atoms with Crippen molar-refractivity contribution in [1.29, 1.82) is 0 Å². The Morgan fingerprint density at radius 3 is 2.56 bits per heavy atom. The van der Waals surface area contributed by atoms with E-state index in [-0.39, 0.29) is 5.75 Å². The SMILES string of the molecule is C=C(c1ccc(N)c(OC)c1)c1cc2c(cc(O)c3ccccc32)[nH]1. The van der Waals surface area contributed by atoms with Crippen LogP contribution in [0.5, 0.6) is 11.5 Å². The maximum atomic E-state index is 10.3. The first-order chi connectivity index (χ1) is 12.1. The number of aromatic nitrogens is 1. The number of phenols is 1. The lowest BCUT2D eigenvalue weighted by Gasteiger charge is -2.08. The summed E-state index contributed by atoms with van der Waals surface area (Å²) in [6.45, 7) is 4.21. The molecular formula is C21H18N2O2. The van der Waals surface area contributed by atoms with E-state index in [1.165, 1.54) is 0 Å². The Kier molecular flexibility index (Phi) is 3.39. The normalized spacial score (nSPS) is 11.1. The highest BCUT2D eigenvalue weighted by atomic mass is 16.5. The fourth-order valence-corrected chi connectivity index (χ4v) is 3.18. The molecule has 124 valence electrons. The van der Waals surface area contributed by atoms with Crippen molar-refractivity contribution in [3.63, 3.8) is 0 Å². The van der Waals surface area contributed by atoms with Crippen molar-refractivity contribution in [2.45, 2.75) is 0 Å². The third-order valence-corrected chi connectivity index (χ3v) is 4.53. The fourth-order valence-electron chi connectivity index (χ4n) is 3.18. The number of nitrogens with one attached hydrogen (secondary N) is 1. The molecular weight excluding hydrogens is 312 g/mol. The second-order valence-electron chi connectivity index (χ2n) is 6.02. The number of methoxy groups -OCH3 is 1. The number of rotatable bonds is 3. The van der Waals surface area contributed by atoms with Crippen molar-refractivity contribution in [3.05, 3.63) is 72.4 Å². The van der Waals surface area contributed by atoms with E-state index in [9.17, 15) is 5.11 Å². The lowest BCUT2D eigenvalue weighted by molar-refractivity contribution is 0.417. The molecule has 4 N–H and O–H groups in total. The van der Waals surface area contributed by atoms with Gasteiger partial charge in [0.05, 0.1) is 18.3 Å². The molecule has 0 aliphatic carbocycles. The molecule has 1 aromatic heterocycles. The van der Waals surface area contributed by atoms with Crippen LogP contribution in [-0.2, 0) is 0 Å². The standard InChI is InChI=1S/C21H18N2O2/c1-12(13-7-8-17(22)21(9-13)25-2)18-10-16-14-5-3-4-6-15(14)20(24)11-19(16)23-18/h3-11,23-24H,1,22H2,2H3. The number of ether oxygens (including phenoxy) is 1. The Labute approximate surface area is 145 Å². The van der Waals surface area contributed by atoms with Crippen LogP contribution in [-0.4, -0.2) is 17.2 Å². The minimum absolute atomic E-state index is 0.260. The van der Waals surface area contributed by atoms with E-state index < -0.39 is 0 Å². The summed E-state index contributed by atoms with van der Waals surface area (Å²) in [5.41, 5.74) is 9.99. The molecule has 0 bridgehead atoms. The van der Waals surface area contributed by atoms with Gasteiger partial charge in [0, 0.05) is 22.5 Å². The number of aromatic amines is 1. The summed E-state index contributed by atoms with van der Waals surface area (Å²) in [6.07, 6.45) is 0. The summed E-state index contributed by atoms with van der Waals surface area (Å²) in [5, 5.41) is 13.1. The molecule has 1 heterocycles. The number of nitrogen functional groups attached to an aromatic ring is 1. The third kappa shape index (κ3) is 2.39. The van der Waals surface area contributed by atoms with Gasteiger partial charge in [0.1, 0.15) is 11.5 Å². The van der Waals surface area contributed by atoms with Gasteiger partial charge >= 0.3 is 0 Å². The Morgan fingerprint density at radius 1 is 1.04 bits per heavy atom. The smallest absolute Gasteiger partial charge is 0.142 e. The van der Waals surface area contributed by atoms with E-state index in [1.807, 2.05) is 42.5 Å². The van der Waals surface area contributed by atoms with E-state index in [0.29, 0.717) is 11.4 Å². The predicted molar refractivity (Wildman–Crippen MR) is 103 cm³/mol. The first-order valence-electron chi connectivity index (χ1n) is 7.95. The zero-order chi connectivity index (χ0) is 17.6. The van der Waals surface area contributed by atoms with Crippen molar-refractivity contribution in [2.75, 3.05) is 12.8 Å². The molecule has 0 saturated carbocycles. The van der Waals surface area contributed by atoms with Crippen LogP contribution in [0.3, 0.4) is 0 Å². The van der Waals surface area contributed by atoms with Crippen LogP contribution < -0.4 is 10.5 Å².